The topological polar surface area (TPSA) is 96.2 Å². The molecule has 1 aromatic carbocycles. The number of fused-ring (bicyclic) bond motifs is 1. The van der Waals surface area contributed by atoms with Gasteiger partial charge in [-0.3, -0.25) is 4.79 Å². The summed E-state index contributed by atoms with van der Waals surface area (Å²) in [5.74, 6) is -0.160. The Kier molecular flexibility index (Phi) is 7.28. The lowest BCUT2D eigenvalue weighted by Gasteiger charge is -2.38. The summed E-state index contributed by atoms with van der Waals surface area (Å²) in [4.78, 5) is 31.8. The Labute approximate surface area is 225 Å². The molecular weight excluding hydrogens is 502 g/mol. The fourth-order valence-electron chi connectivity index (χ4n) is 5.16. The SMILES string of the molecule is CC(C)(C)OC(=O)N1CCC2(CCN(S(=O)c3ccc(CNC(=O)c4ccc5nccn5c4)cc3)CC2)C1. The zero-order valence-electron chi connectivity index (χ0n) is 22.2. The predicted octanol–water partition coefficient (Wildman–Crippen LogP) is 4.01. The Balaban J connectivity index is 1.11. The van der Waals surface area contributed by atoms with E-state index in [0.717, 1.165) is 48.5 Å². The highest BCUT2D eigenvalue weighted by atomic mass is 32.2. The number of aromatic nitrogens is 2. The van der Waals surface area contributed by atoms with Gasteiger partial charge in [0.25, 0.3) is 5.91 Å². The maximum absolute atomic E-state index is 13.3. The zero-order chi connectivity index (χ0) is 26.9. The molecule has 2 aromatic heterocycles. The predicted molar refractivity (Wildman–Crippen MR) is 145 cm³/mol. The third-order valence-electron chi connectivity index (χ3n) is 7.34. The summed E-state index contributed by atoms with van der Waals surface area (Å²) in [6.07, 6.45) is 7.80. The highest BCUT2D eigenvalue weighted by Gasteiger charge is 2.43. The number of hydrogen-bond donors (Lipinski definition) is 1. The number of likely N-dealkylation sites (tertiary alicyclic amines) is 1. The number of amides is 2. The largest absolute Gasteiger partial charge is 0.444 e. The molecule has 1 unspecified atom stereocenters. The summed E-state index contributed by atoms with van der Waals surface area (Å²) in [6.45, 7) is 8.92. The molecule has 5 rings (SSSR count). The molecule has 2 aliphatic rings. The van der Waals surface area contributed by atoms with Gasteiger partial charge in [-0.05, 0) is 75.3 Å². The van der Waals surface area contributed by atoms with E-state index in [0.29, 0.717) is 25.2 Å². The second-order valence-corrected chi connectivity index (χ2v) is 12.8. The van der Waals surface area contributed by atoms with Gasteiger partial charge in [0.15, 0.2) is 0 Å². The van der Waals surface area contributed by atoms with Crippen LogP contribution in [0.3, 0.4) is 0 Å². The van der Waals surface area contributed by atoms with E-state index in [1.165, 1.54) is 0 Å². The summed E-state index contributed by atoms with van der Waals surface area (Å²) in [5, 5.41) is 2.94. The summed E-state index contributed by atoms with van der Waals surface area (Å²) in [6, 6.07) is 11.1. The molecule has 0 saturated carbocycles. The summed E-state index contributed by atoms with van der Waals surface area (Å²) >= 11 is 0. The molecule has 10 heteroatoms. The highest BCUT2D eigenvalue weighted by molar-refractivity contribution is 7.82. The molecule has 9 nitrogen and oxygen atoms in total. The van der Waals surface area contributed by atoms with Crippen molar-refractivity contribution in [1.29, 1.82) is 0 Å². The zero-order valence-corrected chi connectivity index (χ0v) is 23.0. The smallest absolute Gasteiger partial charge is 0.410 e. The maximum Gasteiger partial charge on any atom is 0.410 e. The Bertz CT molecular complexity index is 1340. The van der Waals surface area contributed by atoms with Crippen LogP contribution in [0.15, 0.2) is 59.9 Å². The monoisotopic (exact) mass is 537 g/mol. The first kappa shape index (κ1) is 26.4. The van der Waals surface area contributed by atoms with Gasteiger partial charge in [0.05, 0.1) is 10.5 Å². The van der Waals surface area contributed by atoms with Crippen molar-refractivity contribution in [3.63, 3.8) is 0 Å². The molecule has 2 saturated heterocycles. The molecule has 2 amide bonds. The number of ether oxygens (including phenoxy) is 1. The van der Waals surface area contributed by atoms with E-state index in [1.54, 1.807) is 24.7 Å². The molecule has 0 aliphatic carbocycles. The lowest BCUT2D eigenvalue weighted by molar-refractivity contribution is 0.0258. The number of pyridine rings is 1. The maximum atomic E-state index is 13.3. The van der Waals surface area contributed by atoms with Crippen molar-refractivity contribution < 1.29 is 18.5 Å². The number of nitrogens with zero attached hydrogens (tertiary/aromatic N) is 4. The molecular formula is C28H35N5O4S. The number of benzene rings is 1. The van der Waals surface area contributed by atoms with Gasteiger partial charge in [-0.2, -0.15) is 0 Å². The second kappa shape index (κ2) is 10.5. The van der Waals surface area contributed by atoms with Crippen LogP contribution < -0.4 is 5.32 Å². The Morgan fingerprint density at radius 1 is 1.05 bits per heavy atom. The first-order valence-corrected chi connectivity index (χ1v) is 14.2. The molecule has 4 heterocycles. The molecule has 1 atom stereocenters. The van der Waals surface area contributed by atoms with Crippen LogP contribution in [0.4, 0.5) is 4.79 Å². The molecule has 1 N–H and O–H groups in total. The van der Waals surface area contributed by atoms with Crippen LogP contribution in [-0.2, 0) is 22.3 Å². The lowest BCUT2D eigenvalue weighted by Crippen LogP contribution is -2.43. The lowest BCUT2D eigenvalue weighted by atomic mass is 9.78. The van der Waals surface area contributed by atoms with Crippen LogP contribution in [0.25, 0.3) is 5.65 Å². The van der Waals surface area contributed by atoms with E-state index in [2.05, 4.69) is 10.3 Å². The number of carbonyl (C=O) groups excluding carboxylic acids is 2. The van der Waals surface area contributed by atoms with E-state index in [9.17, 15) is 13.8 Å². The van der Waals surface area contributed by atoms with Gasteiger partial charge in [0.2, 0.25) is 0 Å². The van der Waals surface area contributed by atoms with E-state index < -0.39 is 16.6 Å². The van der Waals surface area contributed by atoms with Gasteiger partial charge >= 0.3 is 6.09 Å². The summed E-state index contributed by atoms with van der Waals surface area (Å²) < 4.78 is 22.6. The van der Waals surface area contributed by atoms with Crippen molar-refractivity contribution in [2.24, 2.45) is 5.41 Å². The minimum absolute atomic E-state index is 0.0854. The highest BCUT2D eigenvalue weighted by Crippen LogP contribution is 2.41. The third kappa shape index (κ3) is 5.91. The normalized spacial score (nSPS) is 18.6. The van der Waals surface area contributed by atoms with Gasteiger partial charge < -0.3 is 19.4 Å². The average molecular weight is 538 g/mol. The number of carbonyl (C=O) groups is 2. The molecule has 202 valence electrons. The van der Waals surface area contributed by atoms with Gasteiger partial charge in [0.1, 0.15) is 22.2 Å². The van der Waals surface area contributed by atoms with Gasteiger partial charge in [-0.25, -0.2) is 18.3 Å². The first-order valence-electron chi connectivity index (χ1n) is 13.1. The average Bonchev–Trinajstić information content (AvgIpc) is 3.54. The van der Waals surface area contributed by atoms with Crippen molar-refractivity contribution in [2.45, 2.75) is 57.1 Å². The molecule has 0 radical (unpaired) electrons. The van der Waals surface area contributed by atoms with Crippen LogP contribution in [-0.4, -0.2) is 66.6 Å². The number of rotatable bonds is 5. The van der Waals surface area contributed by atoms with Crippen molar-refractivity contribution in [3.8, 4) is 0 Å². The Morgan fingerprint density at radius 2 is 1.76 bits per heavy atom. The van der Waals surface area contributed by atoms with Crippen LogP contribution in [0.1, 0.15) is 56.0 Å². The van der Waals surface area contributed by atoms with Crippen molar-refractivity contribution in [3.05, 3.63) is 66.1 Å². The molecule has 38 heavy (non-hydrogen) atoms. The standard InChI is InChI=1S/C28H35N5O4S/c1-27(2,3)37-26(35)32-14-10-28(20-32)11-15-33(16-12-28)38(36)23-7-4-21(5-8-23)18-30-25(34)22-6-9-24-29-13-17-31(24)19-22/h4-9,13,17,19H,10-12,14-16,18,20H2,1-3H3,(H,30,34). The Hall–Kier alpha value is -3.24. The molecule has 0 bridgehead atoms. The number of nitrogens with one attached hydrogen (secondary N) is 1. The van der Waals surface area contributed by atoms with E-state index >= 15 is 0 Å². The Morgan fingerprint density at radius 3 is 2.47 bits per heavy atom. The van der Waals surface area contributed by atoms with E-state index in [4.69, 9.17) is 4.74 Å². The second-order valence-electron chi connectivity index (χ2n) is 11.3. The minimum Gasteiger partial charge on any atom is -0.444 e. The number of imidazole rings is 1. The van der Waals surface area contributed by atoms with E-state index in [1.807, 2.05) is 64.7 Å². The fraction of sp³-hybridized carbons (Fsp3) is 0.464. The third-order valence-corrected chi connectivity index (χ3v) is 8.85. The van der Waals surface area contributed by atoms with Crippen molar-refractivity contribution >= 4 is 28.6 Å². The number of piperidine rings is 1. The van der Waals surface area contributed by atoms with Gasteiger partial charge in [0, 0.05) is 51.3 Å². The van der Waals surface area contributed by atoms with Crippen LogP contribution in [0.5, 0.6) is 0 Å². The molecule has 2 aliphatic heterocycles. The van der Waals surface area contributed by atoms with Gasteiger partial charge in [-0.1, -0.05) is 12.1 Å². The molecule has 1 spiro atoms. The number of hydrogen-bond acceptors (Lipinski definition) is 5. The fourth-order valence-corrected chi connectivity index (χ4v) is 6.34. The first-order chi connectivity index (χ1) is 18.1. The van der Waals surface area contributed by atoms with E-state index in [-0.39, 0.29) is 17.4 Å². The summed E-state index contributed by atoms with van der Waals surface area (Å²) in [7, 11) is -1.25. The van der Waals surface area contributed by atoms with Gasteiger partial charge in [-0.15, -0.1) is 0 Å². The molecule has 3 aromatic rings. The molecule has 2 fully saturated rings. The minimum atomic E-state index is -1.25. The summed E-state index contributed by atoms with van der Waals surface area (Å²) in [5.41, 5.74) is 1.88. The quantitative estimate of drug-likeness (QED) is 0.531. The van der Waals surface area contributed by atoms with Crippen LogP contribution in [0.2, 0.25) is 0 Å². The van der Waals surface area contributed by atoms with Crippen LogP contribution >= 0.6 is 0 Å². The van der Waals surface area contributed by atoms with Crippen molar-refractivity contribution in [2.75, 3.05) is 26.2 Å². The van der Waals surface area contributed by atoms with Crippen LogP contribution in [0, 0.1) is 5.41 Å². The van der Waals surface area contributed by atoms with Crippen molar-refractivity contribution in [1.82, 2.24) is 23.9 Å².